The molecule has 3 heterocycles. The van der Waals surface area contributed by atoms with Gasteiger partial charge in [0.2, 0.25) is 11.6 Å². The zero-order valence-electron chi connectivity index (χ0n) is 14.0. The molecule has 0 atom stereocenters. The fourth-order valence-electron chi connectivity index (χ4n) is 2.96. The second kappa shape index (κ2) is 6.52. The minimum Gasteiger partial charge on any atom is -0.382 e. The normalized spacial score (nSPS) is 16.3. The van der Waals surface area contributed by atoms with Crippen LogP contribution in [0.25, 0.3) is 5.65 Å². The quantitative estimate of drug-likeness (QED) is 0.932. The Hall–Kier alpha value is -2.18. The molecule has 0 aromatic carbocycles. The van der Waals surface area contributed by atoms with E-state index in [9.17, 15) is 4.79 Å². The fourth-order valence-corrected chi connectivity index (χ4v) is 2.96. The maximum atomic E-state index is 11.4. The van der Waals surface area contributed by atoms with Gasteiger partial charge in [0, 0.05) is 26.6 Å². The molecule has 1 fully saturated rings. The van der Waals surface area contributed by atoms with Crippen molar-refractivity contribution in [1.29, 1.82) is 0 Å². The van der Waals surface area contributed by atoms with Crippen LogP contribution >= 0.6 is 0 Å². The van der Waals surface area contributed by atoms with E-state index in [-0.39, 0.29) is 5.91 Å². The molecular weight excluding hydrogens is 292 g/mol. The second-order valence-corrected chi connectivity index (χ2v) is 6.57. The first-order valence-electron chi connectivity index (χ1n) is 8.25. The smallest absolute Gasteiger partial charge is 0.219 e. The Balaban J connectivity index is 1.67. The second-order valence-electron chi connectivity index (χ2n) is 6.57. The van der Waals surface area contributed by atoms with Crippen LogP contribution in [0.5, 0.6) is 0 Å². The number of amides is 1. The molecule has 0 spiro atoms. The first-order valence-corrected chi connectivity index (χ1v) is 8.25. The van der Waals surface area contributed by atoms with Crippen LogP contribution in [0.4, 0.5) is 5.69 Å². The summed E-state index contributed by atoms with van der Waals surface area (Å²) in [6.07, 6.45) is 3.72. The number of nitrogens with one attached hydrogen (secondary N) is 1. The van der Waals surface area contributed by atoms with Crippen molar-refractivity contribution in [3.8, 4) is 0 Å². The van der Waals surface area contributed by atoms with Gasteiger partial charge in [0.25, 0.3) is 0 Å². The molecule has 1 amide bonds. The van der Waals surface area contributed by atoms with Crippen molar-refractivity contribution >= 4 is 17.2 Å². The molecule has 0 bridgehead atoms. The third kappa shape index (κ3) is 3.43. The van der Waals surface area contributed by atoms with Gasteiger partial charge < -0.3 is 10.2 Å². The number of hydrogen-bond donors (Lipinski definition) is 1. The zero-order chi connectivity index (χ0) is 16.4. The lowest BCUT2D eigenvalue weighted by molar-refractivity contribution is -0.130. The van der Waals surface area contributed by atoms with Crippen molar-refractivity contribution in [2.45, 2.75) is 39.5 Å². The van der Waals surface area contributed by atoms with Gasteiger partial charge >= 0.3 is 0 Å². The number of fused-ring (bicyclic) bond motifs is 1. The molecule has 1 N–H and O–H groups in total. The number of hydrogen-bond acceptors (Lipinski definition) is 5. The summed E-state index contributed by atoms with van der Waals surface area (Å²) in [6, 6.07) is 2.07. The molecule has 0 radical (unpaired) electrons. The van der Waals surface area contributed by atoms with Crippen molar-refractivity contribution in [3.05, 3.63) is 18.1 Å². The molecule has 3 rings (SSSR count). The van der Waals surface area contributed by atoms with Crippen molar-refractivity contribution in [2.75, 3.05) is 25.0 Å². The van der Waals surface area contributed by atoms with E-state index < -0.39 is 0 Å². The SMILES string of the molecule is CC(=O)N1CCC(CNc2cc(C(C)C)nn3cnnc23)CC1. The Kier molecular flexibility index (Phi) is 4.45. The molecule has 0 aliphatic carbocycles. The average molecular weight is 316 g/mol. The van der Waals surface area contributed by atoms with Gasteiger partial charge in [-0.3, -0.25) is 4.79 Å². The van der Waals surface area contributed by atoms with Crippen molar-refractivity contribution in [3.63, 3.8) is 0 Å². The first kappa shape index (κ1) is 15.7. The van der Waals surface area contributed by atoms with Crippen molar-refractivity contribution in [2.24, 2.45) is 5.92 Å². The largest absolute Gasteiger partial charge is 0.382 e. The standard InChI is InChI=1S/C16H24N6O/c1-11(2)14-8-15(16-19-18-10-22(16)20-14)17-9-13-4-6-21(7-5-13)12(3)23/h8,10-11,13,17H,4-7,9H2,1-3H3. The number of rotatable bonds is 4. The highest BCUT2D eigenvalue weighted by atomic mass is 16.2. The lowest BCUT2D eigenvalue weighted by Crippen LogP contribution is -2.38. The van der Waals surface area contributed by atoms with Gasteiger partial charge in [0.1, 0.15) is 6.33 Å². The van der Waals surface area contributed by atoms with Gasteiger partial charge in [-0.1, -0.05) is 13.8 Å². The average Bonchev–Trinajstić information content (AvgIpc) is 3.01. The molecule has 124 valence electrons. The van der Waals surface area contributed by atoms with Gasteiger partial charge in [-0.05, 0) is 30.7 Å². The summed E-state index contributed by atoms with van der Waals surface area (Å²) in [4.78, 5) is 13.3. The van der Waals surface area contributed by atoms with Gasteiger partial charge in [-0.25, -0.2) is 0 Å². The molecule has 2 aromatic heterocycles. The van der Waals surface area contributed by atoms with Crippen LogP contribution in [0, 0.1) is 5.92 Å². The Morgan fingerprint density at radius 3 is 2.78 bits per heavy atom. The van der Waals surface area contributed by atoms with Crippen LogP contribution in [0.1, 0.15) is 45.2 Å². The third-order valence-corrected chi connectivity index (χ3v) is 4.52. The summed E-state index contributed by atoms with van der Waals surface area (Å²) >= 11 is 0. The monoisotopic (exact) mass is 316 g/mol. The van der Waals surface area contributed by atoms with Crippen LogP contribution in [0.2, 0.25) is 0 Å². The fraction of sp³-hybridized carbons (Fsp3) is 0.625. The molecule has 1 aliphatic rings. The van der Waals surface area contributed by atoms with Crippen LogP contribution in [-0.2, 0) is 4.79 Å². The summed E-state index contributed by atoms with van der Waals surface area (Å²) < 4.78 is 1.73. The highest BCUT2D eigenvalue weighted by molar-refractivity contribution is 5.73. The minimum absolute atomic E-state index is 0.178. The predicted molar refractivity (Wildman–Crippen MR) is 88.3 cm³/mol. The number of nitrogens with zero attached hydrogens (tertiary/aromatic N) is 5. The maximum absolute atomic E-state index is 11.4. The molecule has 7 nitrogen and oxygen atoms in total. The lowest BCUT2D eigenvalue weighted by atomic mass is 9.96. The molecule has 7 heteroatoms. The van der Waals surface area contributed by atoms with E-state index in [4.69, 9.17) is 0 Å². The van der Waals surface area contributed by atoms with Gasteiger partial charge in [0.05, 0.1) is 11.4 Å². The van der Waals surface area contributed by atoms with Gasteiger partial charge in [-0.15, -0.1) is 10.2 Å². The molecule has 1 aliphatic heterocycles. The maximum Gasteiger partial charge on any atom is 0.219 e. The van der Waals surface area contributed by atoms with Crippen LogP contribution < -0.4 is 5.32 Å². The Labute approximate surface area is 136 Å². The molecule has 1 saturated heterocycles. The third-order valence-electron chi connectivity index (χ3n) is 4.52. The molecule has 23 heavy (non-hydrogen) atoms. The first-order chi connectivity index (χ1) is 11.0. The number of piperidine rings is 1. The summed E-state index contributed by atoms with van der Waals surface area (Å²) in [7, 11) is 0. The molecular formula is C16H24N6O. The van der Waals surface area contributed by atoms with E-state index in [1.807, 2.05) is 4.90 Å². The highest BCUT2D eigenvalue weighted by Gasteiger charge is 2.21. The zero-order valence-corrected chi connectivity index (χ0v) is 14.0. The van der Waals surface area contributed by atoms with Crippen LogP contribution in [0.3, 0.4) is 0 Å². The van der Waals surface area contributed by atoms with E-state index >= 15 is 0 Å². The molecule has 2 aromatic rings. The number of carbonyl (C=O) groups excluding carboxylic acids is 1. The lowest BCUT2D eigenvalue weighted by Gasteiger charge is -2.31. The number of anilines is 1. The highest BCUT2D eigenvalue weighted by Crippen LogP contribution is 2.22. The summed E-state index contributed by atoms with van der Waals surface area (Å²) in [6.45, 7) is 8.49. The number of aromatic nitrogens is 4. The van der Waals surface area contributed by atoms with Crippen molar-refractivity contribution < 1.29 is 4.79 Å². The Morgan fingerprint density at radius 2 is 2.13 bits per heavy atom. The summed E-state index contributed by atoms with van der Waals surface area (Å²) in [5.41, 5.74) is 2.76. The van der Waals surface area contributed by atoms with Gasteiger partial charge in [-0.2, -0.15) is 9.61 Å². The number of likely N-dealkylation sites (tertiary alicyclic amines) is 1. The summed E-state index contributed by atoms with van der Waals surface area (Å²) in [5.74, 6) is 1.10. The van der Waals surface area contributed by atoms with E-state index in [0.717, 1.165) is 49.5 Å². The van der Waals surface area contributed by atoms with Crippen LogP contribution in [0.15, 0.2) is 12.4 Å². The van der Waals surface area contributed by atoms with E-state index in [2.05, 4.69) is 40.5 Å². The van der Waals surface area contributed by atoms with E-state index in [0.29, 0.717) is 11.8 Å². The molecule has 0 unspecified atom stereocenters. The van der Waals surface area contributed by atoms with Crippen molar-refractivity contribution in [1.82, 2.24) is 24.7 Å². The Morgan fingerprint density at radius 1 is 1.39 bits per heavy atom. The number of carbonyl (C=O) groups is 1. The minimum atomic E-state index is 0.178. The molecule has 0 saturated carbocycles. The van der Waals surface area contributed by atoms with E-state index in [1.165, 1.54) is 0 Å². The van der Waals surface area contributed by atoms with Gasteiger partial charge in [0.15, 0.2) is 0 Å². The predicted octanol–water partition coefficient (Wildman–Crippen LogP) is 1.92. The van der Waals surface area contributed by atoms with Crippen LogP contribution in [-0.4, -0.2) is 50.3 Å². The Bertz CT molecular complexity index is 687. The topological polar surface area (TPSA) is 75.4 Å². The summed E-state index contributed by atoms with van der Waals surface area (Å²) in [5, 5.41) is 16.1. The van der Waals surface area contributed by atoms with E-state index in [1.54, 1.807) is 17.8 Å².